The second-order valence-electron chi connectivity index (χ2n) is 6.51. The molecule has 5 heteroatoms. The first-order chi connectivity index (χ1) is 13.2. The van der Waals surface area contributed by atoms with Gasteiger partial charge in [-0.3, -0.25) is 9.67 Å². The lowest BCUT2D eigenvalue weighted by molar-refractivity contribution is 0.768. The van der Waals surface area contributed by atoms with Crippen LogP contribution in [-0.4, -0.2) is 19.7 Å². The van der Waals surface area contributed by atoms with E-state index in [0.717, 1.165) is 45.4 Å². The molecule has 134 valence electrons. The van der Waals surface area contributed by atoms with Crippen LogP contribution in [0.3, 0.4) is 0 Å². The van der Waals surface area contributed by atoms with Gasteiger partial charge in [0.15, 0.2) is 0 Å². The number of hydrogen-bond donors (Lipinski definition) is 1. The summed E-state index contributed by atoms with van der Waals surface area (Å²) >= 11 is 0. The van der Waals surface area contributed by atoms with Gasteiger partial charge in [-0.05, 0) is 41.6 Å². The Morgan fingerprint density at radius 2 is 2.00 bits per heavy atom. The Hall–Kier alpha value is -3.47. The SMILES string of the molecule is C/C=C(/Cc1cccnc1)Nc1cc2cc(-c3cnn(C)c3)ccc2cn1. The second-order valence-corrected chi connectivity index (χ2v) is 6.51. The van der Waals surface area contributed by atoms with E-state index in [1.54, 1.807) is 6.20 Å². The van der Waals surface area contributed by atoms with Crippen LogP contribution in [0.2, 0.25) is 0 Å². The van der Waals surface area contributed by atoms with Gasteiger partial charge in [0.25, 0.3) is 0 Å². The predicted molar refractivity (Wildman–Crippen MR) is 109 cm³/mol. The van der Waals surface area contributed by atoms with Gasteiger partial charge in [-0.15, -0.1) is 0 Å². The molecule has 1 N–H and O–H groups in total. The fourth-order valence-corrected chi connectivity index (χ4v) is 3.06. The van der Waals surface area contributed by atoms with Crippen LogP contribution >= 0.6 is 0 Å². The molecule has 0 amide bonds. The molecule has 4 aromatic rings. The van der Waals surface area contributed by atoms with Crippen LogP contribution < -0.4 is 5.32 Å². The third kappa shape index (κ3) is 3.87. The molecular formula is C22H21N5. The molecule has 0 saturated heterocycles. The molecular weight excluding hydrogens is 334 g/mol. The van der Waals surface area contributed by atoms with Crippen LogP contribution in [0.15, 0.2) is 79.2 Å². The number of hydrogen-bond acceptors (Lipinski definition) is 4. The van der Waals surface area contributed by atoms with Gasteiger partial charge in [0.2, 0.25) is 0 Å². The summed E-state index contributed by atoms with van der Waals surface area (Å²) in [5.74, 6) is 0.836. The Balaban J connectivity index is 1.60. The largest absolute Gasteiger partial charge is 0.344 e. The number of aromatic nitrogens is 4. The van der Waals surface area contributed by atoms with Gasteiger partial charge < -0.3 is 5.32 Å². The van der Waals surface area contributed by atoms with Crippen LogP contribution in [0.25, 0.3) is 21.9 Å². The van der Waals surface area contributed by atoms with Gasteiger partial charge in [-0.1, -0.05) is 24.3 Å². The van der Waals surface area contributed by atoms with Gasteiger partial charge in [-0.2, -0.15) is 5.10 Å². The van der Waals surface area contributed by atoms with Crippen LogP contribution in [0, 0.1) is 0 Å². The van der Waals surface area contributed by atoms with E-state index in [9.17, 15) is 0 Å². The zero-order chi connectivity index (χ0) is 18.6. The number of allylic oxidation sites excluding steroid dienone is 2. The van der Waals surface area contributed by atoms with E-state index in [0.29, 0.717) is 0 Å². The van der Waals surface area contributed by atoms with E-state index in [4.69, 9.17) is 0 Å². The number of nitrogens with one attached hydrogen (secondary N) is 1. The first-order valence-electron chi connectivity index (χ1n) is 8.91. The molecule has 0 bridgehead atoms. The van der Waals surface area contributed by atoms with E-state index in [1.165, 1.54) is 0 Å². The number of rotatable bonds is 5. The molecule has 27 heavy (non-hydrogen) atoms. The smallest absolute Gasteiger partial charge is 0.130 e. The summed E-state index contributed by atoms with van der Waals surface area (Å²) in [6, 6.07) is 12.5. The Bertz CT molecular complexity index is 1100. The lowest BCUT2D eigenvalue weighted by Gasteiger charge is -2.11. The monoisotopic (exact) mass is 355 g/mol. The minimum absolute atomic E-state index is 0.791. The van der Waals surface area contributed by atoms with Gasteiger partial charge >= 0.3 is 0 Å². The summed E-state index contributed by atoms with van der Waals surface area (Å²) in [5, 5.41) is 9.96. The highest BCUT2D eigenvalue weighted by molar-refractivity contribution is 5.88. The van der Waals surface area contributed by atoms with Crippen molar-refractivity contribution in [2.24, 2.45) is 7.05 Å². The van der Waals surface area contributed by atoms with Gasteiger partial charge in [0.1, 0.15) is 5.82 Å². The first-order valence-corrected chi connectivity index (χ1v) is 8.91. The molecule has 0 aliphatic carbocycles. The topological polar surface area (TPSA) is 55.6 Å². The van der Waals surface area contributed by atoms with Crippen molar-refractivity contribution >= 4 is 16.6 Å². The third-order valence-corrected chi connectivity index (χ3v) is 4.51. The van der Waals surface area contributed by atoms with Crippen molar-refractivity contribution in [3.05, 3.63) is 84.7 Å². The summed E-state index contributed by atoms with van der Waals surface area (Å²) in [6.07, 6.45) is 12.4. The number of benzene rings is 1. The van der Waals surface area contributed by atoms with Crippen LogP contribution in [0.4, 0.5) is 5.82 Å². The molecule has 3 aromatic heterocycles. The third-order valence-electron chi connectivity index (χ3n) is 4.51. The molecule has 3 heterocycles. The average Bonchev–Trinajstić information content (AvgIpc) is 3.14. The summed E-state index contributed by atoms with van der Waals surface area (Å²) in [7, 11) is 1.93. The second kappa shape index (κ2) is 7.41. The number of aryl methyl sites for hydroxylation is 1. The molecule has 0 atom stereocenters. The standard InChI is InChI=1S/C22H21N5/c1-3-21(9-16-5-4-8-23-12-16)26-22-11-19-10-17(6-7-18(19)13-24-22)20-14-25-27(2)15-20/h3-8,10-15H,9H2,1-2H3,(H,24,26)/b21-3-. The van der Waals surface area contributed by atoms with E-state index >= 15 is 0 Å². The number of nitrogens with zero attached hydrogens (tertiary/aromatic N) is 4. The van der Waals surface area contributed by atoms with Crippen molar-refractivity contribution in [2.45, 2.75) is 13.3 Å². The maximum Gasteiger partial charge on any atom is 0.130 e. The fourth-order valence-electron chi connectivity index (χ4n) is 3.06. The summed E-state index contributed by atoms with van der Waals surface area (Å²) in [5.41, 5.74) is 4.52. The highest BCUT2D eigenvalue weighted by atomic mass is 15.2. The number of pyridine rings is 2. The molecule has 0 aliphatic rings. The minimum atomic E-state index is 0.791. The van der Waals surface area contributed by atoms with Crippen molar-refractivity contribution in [2.75, 3.05) is 5.32 Å². The maximum absolute atomic E-state index is 4.56. The average molecular weight is 355 g/mol. The lowest BCUT2D eigenvalue weighted by atomic mass is 10.0. The van der Waals surface area contributed by atoms with Crippen LogP contribution in [-0.2, 0) is 13.5 Å². The zero-order valence-electron chi connectivity index (χ0n) is 15.4. The summed E-state index contributed by atoms with van der Waals surface area (Å²) < 4.78 is 1.82. The Morgan fingerprint density at radius 1 is 1.07 bits per heavy atom. The van der Waals surface area contributed by atoms with Crippen molar-refractivity contribution in [1.82, 2.24) is 19.7 Å². The molecule has 0 spiro atoms. The van der Waals surface area contributed by atoms with E-state index in [2.05, 4.69) is 56.8 Å². The predicted octanol–water partition coefficient (Wildman–Crippen LogP) is 4.59. The fraction of sp³-hybridized carbons (Fsp3) is 0.136. The lowest BCUT2D eigenvalue weighted by Crippen LogP contribution is -2.04. The number of fused-ring (bicyclic) bond motifs is 1. The van der Waals surface area contributed by atoms with Crippen molar-refractivity contribution in [3.8, 4) is 11.1 Å². The van der Waals surface area contributed by atoms with E-state index in [1.807, 2.05) is 49.5 Å². The Kier molecular flexibility index (Phi) is 4.66. The normalized spacial score (nSPS) is 11.7. The molecule has 0 fully saturated rings. The first kappa shape index (κ1) is 17.0. The van der Waals surface area contributed by atoms with Crippen LogP contribution in [0.1, 0.15) is 12.5 Å². The maximum atomic E-state index is 4.56. The van der Waals surface area contributed by atoms with Crippen molar-refractivity contribution < 1.29 is 0 Å². The molecule has 0 aliphatic heterocycles. The van der Waals surface area contributed by atoms with Crippen molar-refractivity contribution in [1.29, 1.82) is 0 Å². The Morgan fingerprint density at radius 3 is 2.74 bits per heavy atom. The zero-order valence-corrected chi connectivity index (χ0v) is 15.4. The van der Waals surface area contributed by atoms with Crippen LogP contribution in [0.5, 0.6) is 0 Å². The molecule has 0 unspecified atom stereocenters. The van der Waals surface area contributed by atoms with Gasteiger partial charge in [0, 0.05) is 54.9 Å². The minimum Gasteiger partial charge on any atom is -0.344 e. The molecule has 5 nitrogen and oxygen atoms in total. The highest BCUT2D eigenvalue weighted by Crippen LogP contribution is 2.25. The van der Waals surface area contributed by atoms with Gasteiger partial charge in [-0.25, -0.2) is 4.98 Å². The molecule has 1 aromatic carbocycles. The summed E-state index contributed by atoms with van der Waals surface area (Å²) in [6.45, 7) is 2.03. The van der Waals surface area contributed by atoms with Gasteiger partial charge in [0.05, 0.1) is 6.20 Å². The highest BCUT2D eigenvalue weighted by Gasteiger charge is 2.05. The quantitative estimate of drug-likeness (QED) is 0.569. The van der Waals surface area contributed by atoms with E-state index < -0.39 is 0 Å². The molecule has 4 rings (SSSR count). The molecule has 0 saturated carbocycles. The molecule has 0 radical (unpaired) electrons. The number of anilines is 1. The van der Waals surface area contributed by atoms with E-state index in [-0.39, 0.29) is 0 Å². The Labute approximate surface area is 158 Å². The summed E-state index contributed by atoms with van der Waals surface area (Å²) in [4.78, 5) is 8.74. The van der Waals surface area contributed by atoms with Crippen molar-refractivity contribution in [3.63, 3.8) is 0 Å².